The van der Waals surface area contributed by atoms with Gasteiger partial charge in [-0.05, 0) is 42.5 Å². The molecule has 0 atom stereocenters. The summed E-state index contributed by atoms with van der Waals surface area (Å²) in [5, 5.41) is 7.71. The molecule has 1 heterocycles. The smallest absolute Gasteiger partial charge is 0.243 e. The molecule has 0 radical (unpaired) electrons. The van der Waals surface area contributed by atoms with Gasteiger partial charge >= 0.3 is 0 Å². The number of hydrogen-bond donors (Lipinski definition) is 2. The molecule has 3 N–H and O–H groups in total. The number of hydrogen-bond acceptors (Lipinski definition) is 6. The molecule has 1 amide bonds. The maximum absolute atomic E-state index is 13.4. The van der Waals surface area contributed by atoms with E-state index in [4.69, 9.17) is 5.14 Å². The van der Waals surface area contributed by atoms with Crippen molar-refractivity contribution in [2.24, 2.45) is 5.14 Å². The van der Waals surface area contributed by atoms with Crippen LogP contribution in [0.3, 0.4) is 0 Å². The van der Waals surface area contributed by atoms with Crippen LogP contribution in [0.2, 0.25) is 0 Å². The maximum Gasteiger partial charge on any atom is 0.243 e. The highest BCUT2D eigenvalue weighted by Gasteiger charge is 2.28. The Morgan fingerprint density at radius 3 is 2.19 bits per heavy atom. The van der Waals surface area contributed by atoms with Gasteiger partial charge < -0.3 is 10.2 Å². The third kappa shape index (κ3) is 6.08. The number of nitrogens with one attached hydrogen (secondary N) is 1. The fourth-order valence-corrected chi connectivity index (χ4v) is 5.15. The molecule has 1 aliphatic heterocycles. The Hall–Kier alpha value is -2.38. The summed E-state index contributed by atoms with van der Waals surface area (Å²) in [6.07, 6.45) is 0.188. The lowest BCUT2D eigenvalue weighted by Gasteiger charge is -2.33. The van der Waals surface area contributed by atoms with E-state index in [-0.39, 0.29) is 35.2 Å². The SMILES string of the molecule is NS(=O)(=O)c1ccc(NC(=O)CCN2CCN(S(=O)(=O)c3cccc(F)c3)CC2)cc1. The number of halogens is 1. The average molecular weight is 471 g/mol. The number of nitrogens with two attached hydrogens (primary N) is 1. The highest BCUT2D eigenvalue weighted by Crippen LogP contribution is 2.19. The van der Waals surface area contributed by atoms with Crippen LogP contribution >= 0.6 is 0 Å². The Balaban J connectivity index is 1.47. The molecule has 0 saturated carbocycles. The van der Waals surface area contributed by atoms with Gasteiger partial charge in [0.2, 0.25) is 26.0 Å². The Labute approximate surface area is 180 Å². The zero-order valence-corrected chi connectivity index (χ0v) is 18.2. The zero-order valence-electron chi connectivity index (χ0n) is 16.6. The summed E-state index contributed by atoms with van der Waals surface area (Å²) in [6, 6.07) is 10.4. The van der Waals surface area contributed by atoms with Crippen molar-refractivity contribution in [1.82, 2.24) is 9.21 Å². The van der Waals surface area contributed by atoms with Gasteiger partial charge in [-0.2, -0.15) is 4.31 Å². The number of carbonyl (C=O) groups is 1. The van der Waals surface area contributed by atoms with Crippen LogP contribution < -0.4 is 10.5 Å². The molecular formula is C19H23FN4O5S2. The second-order valence-electron chi connectivity index (χ2n) is 7.07. The van der Waals surface area contributed by atoms with Crippen molar-refractivity contribution in [1.29, 1.82) is 0 Å². The summed E-state index contributed by atoms with van der Waals surface area (Å²) in [7, 11) is -7.55. The van der Waals surface area contributed by atoms with E-state index in [0.717, 1.165) is 6.07 Å². The molecule has 2 aromatic rings. The lowest BCUT2D eigenvalue weighted by molar-refractivity contribution is -0.116. The lowest BCUT2D eigenvalue weighted by Crippen LogP contribution is -2.49. The highest BCUT2D eigenvalue weighted by molar-refractivity contribution is 7.89. The summed E-state index contributed by atoms with van der Waals surface area (Å²) < 4.78 is 62.4. The number of anilines is 1. The van der Waals surface area contributed by atoms with Gasteiger partial charge in [0.05, 0.1) is 9.79 Å². The molecule has 1 aliphatic rings. The number of piperazine rings is 1. The Kier molecular flexibility index (Phi) is 7.06. The van der Waals surface area contributed by atoms with Crippen LogP contribution in [0.25, 0.3) is 0 Å². The third-order valence-electron chi connectivity index (χ3n) is 4.89. The van der Waals surface area contributed by atoms with Gasteiger partial charge in [0.1, 0.15) is 5.82 Å². The first-order chi connectivity index (χ1) is 14.6. The predicted octanol–water partition coefficient (Wildman–Crippen LogP) is 0.808. The average Bonchev–Trinajstić information content (AvgIpc) is 2.72. The second kappa shape index (κ2) is 9.40. The molecule has 2 aromatic carbocycles. The van der Waals surface area contributed by atoms with Crippen LogP contribution in [0.5, 0.6) is 0 Å². The largest absolute Gasteiger partial charge is 0.326 e. The number of rotatable bonds is 7. The van der Waals surface area contributed by atoms with Crippen LogP contribution in [-0.4, -0.2) is 64.7 Å². The first kappa shape index (κ1) is 23.3. The van der Waals surface area contributed by atoms with Gasteiger partial charge in [0, 0.05) is 44.8 Å². The normalized spacial score (nSPS) is 16.2. The quantitative estimate of drug-likeness (QED) is 0.616. The lowest BCUT2D eigenvalue weighted by atomic mass is 10.3. The molecule has 0 bridgehead atoms. The third-order valence-corrected chi connectivity index (χ3v) is 7.71. The Morgan fingerprint density at radius 1 is 0.968 bits per heavy atom. The van der Waals surface area contributed by atoms with Gasteiger partial charge in [-0.1, -0.05) is 6.07 Å². The molecule has 1 fully saturated rings. The summed E-state index contributed by atoms with van der Waals surface area (Å²) in [6.45, 7) is 1.83. The Bertz CT molecular complexity index is 1150. The minimum Gasteiger partial charge on any atom is -0.326 e. The van der Waals surface area contributed by atoms with E-state index in [1.165, 1.54) is 46.8 Å². The van der Waals surface area contributed by atoms with Crippen molar-refractivity contribution >= 4 is 31.6 Å². The van der Waals surface area contributed by atoms with E-state index in [2.05, 4.69) is 5.32 Å². The van der Waals surface area contributed by atoms with Crippen molar-refractivity contribution in [2.45, 2.75) is 16.2 Å². The second-order valence-corrected chi connectivity index (χ2v) is 10.6. The summed E-state index contributed by atoms with van der Waals surface area (Å²) in [5.41, 5.74) is 0.448. The highest BCUT2D eigenvalue weighted by atomic mass is 32.2. The number of amides is 1. The van der Waals surface area contributed by atoms with Gasteiger partial charge in [-0.25, -0.2) is 26.4 Å². The van der Waals surface area contributed by atoms with Crippen LogP contribution in [0.4, 0.5) is 10.1 Å². The minimum absolute atomic E-state index is 0.0448. The minimum atomic E-state index is -3.79. The van der Waals surface area contributed by atoms with Crippen molar-refractivity contribution in [3.8, 4) is 0 Å². The van der Waals surface area contributed by atoms with E-state index in [1.54, 1.807) is 0 Å². The van der Waals surface area contributed by atoms with Crippen LogP contribution in [0.15, 0.2) is 58.3 Å². The van der Waals surface area contributed by atoms with Gasteiger partial charge in [0.15, 0.2) is 0 Å². The van der Waals surface area contributed by atoms with E-state index in [0.29, 0.717) is 25.3 Å². The van der Waals surface area contributed by atoms with Gasteiger partial charge in [0.25, 0.3) is 0 Å². The van der Waals surface area contributed by atoms with Crippen molar-refractivity contribution in [2.75, 3.05) is 38.0 Å². The number of sulfonamides is 2. The Morgan fingerprint density at radius 2 is 1.61 bits per heavy atom. The molecule has 168 valence electrons. The molecule has 0 aromatic heterocycles. The van der Waals surface area contributed by atoms with E-state index < -0.39 is 25.9 Å². The number of nitrogens with zero attached hydrogens (tertiary/aromatic N) is 2. The molecule has 0 aliphatic carbocycles. The fraction of sp³-hybridized carbons (Fsp3) is 0.316. The van der Waals surface area contributed by atoms with Crippen molar-refractivity contribution in [3.63, 3.8) is 0 Å². The number of carbonyl (C=O) groups excluding carboxylic acids is 1. The molecule has 9 nitrogen and oxygen atoms in total. The van der Waals surface area contributed by atoms with E-state index in [9.17, 15) is 26.0 Å². The van der Waals surface area contributed by atoms with Crippen molar-refractivity contribution in [3.05, 3.63) is 54.3 Å². The number of benzene rings is 2. The maximum atomic E-state index is 13.4. The monoisotopic (exact) mass is 470 g/mol. The van der Waals surface area contributed by atoms with Crippen LogP contribution in [0, 0.1) is 5.82 Å². The van der Waals surface area contributed by atoms with Crippen LogP contribution in [0.1, 0.15) is 6.42 Å². The predicted molar refractivity (Wildman–Crippen MR) is 113 cm³/mol. The molecule has 12 heteroatoms. The topological polar surface area (TPSA) is 130 Å². The molecule has 0 spiro atoms. The molecular weight excluding hydrogens is 447 g/mol. The van der Waals surface area contributed by atoms with Crippen molar-refractivity contribution < 1.29 is 26.0 Å². The van der Waals surface area contributed by atoms with E-state index >= 15 is 0 Å². The molecule has 31 heavy (non-hydrogen) atoms. The standard InChI is InChI=1S/C19H23FN4O5S2/c20-15-2-1-3-18(14-15)31(28,29)24-12-10-23(11-13-24)9-8-19(25)22-16-4-6-17(7-5-16)30(21,26)27/h1-7,14H,8-13H2,(H,22,25)(H2,21,26,27). The zero-order chi connectivity index (χ0) is 22.6. The first-order valence-corrected chi connectivity index (χ1v) is 12.5. The first-order valence-electron chi connectivity index (χ1n) is 9.46. The summed E-state index contributed by atoms with van der Waals surface area (Å²) in [5.74, 6) is -0.858. The molecule has 3 rings (SSSR count). The molecule has 0 unspecified atom stereocenters. The van der Waals surface area contributed by atoms with Crippen LogP contribution in [-0.2, 0) is 24.8 Å². The number of primary sulfonamides is 1. The van der Waals surface area contributed by atoms with E-state index in [1.807, 2.05) is 4.90 Å². The molecule has 1 saturated heterocycles. The van der Waals surface area contributed by atoms with Gasteiger partial charge in [-0.3, -0.25) is 4.79 Å². The summed E-state index contributed by atoms with van der Waals surface area (Å²) >= 11 is 0. The van der Waals surface area contributed by atoms with Gasteiger partial charge in [-0.15, -0.1) is 0 Å². The summed E-state index contributed by atoms with van der Waals surface area (Å²) in [4.78, 5) is 14.0. The fourth-order valence-electron chi connectivity index (χ4n) is 3.18.